The predicted molar refractivity (Wildman–Crippen MR) is 32.2 cm³/mol. The first-order valence-corrected chi connectivity index (χ1v) is 1.81. The molecule has 0 unspecified atom stereocenters. The molecule has 0 aliphatic rings. The van der Waals surface area contributed by atoms with Crippen molar-refractivity contribution in [1.29, 1.82) is 0 Å². The zero-order chi connectivity index (χ0) is 5.15. The molecule has 0 radical (unpaired) electrons. The monoisotopic (exact) mass is 100 g/mol. The Hall–Kier alpha value is -0.590. The van der Waals surface area contributed by atoms with E-state index in [4.69, 9.17) is 0 Å². The lowest BCUT2D eigenvalue weighted by Gasteiger charge is -1.80. The van der Waals surface area contributed by atoms with Gasteiger partial charge in [-0.1, -0.05) is 14.0 Å². The van der Waals surface area contributed by atoms with Gasteiger partial charge in [0.2, 0.25) is 0 Å². The number of rotatable bonds is 1. The molecule has 0 atom stereocenters. The number of allylic oxidation sites excluding steroid dienone is 1. The zero-order valence-corrected chi connectivity index (χ0v) is 4.12. The van der Waals surface area contributed by atoms with Gasteiger partial charge in [-0.25, -0.2) is 0 Å². The van der Waals surface area contributed by atoms with Crippen LogP contribution < -0.4 is 0 Å². The van der Waals surface area contributed by atoms with Crippen molar-refractivity contribution in [3.8, 4) is 0 Å². The second-order valence-electron chi connectivity index (χ2n) is 1.34. The van der Waals surface area contributed by atoms with E-state index in [-0.39, 0.29) is 13.2 Å². The minimum atomic E-state index is 0. The molecule has 0 aromatic carbocycles. The first-order valence-electron chi connectivity index (χ1n) is 1.81. The highest BCUT2D eigenvalue weighted by molar-refractivity contribution is 5.91. The van der Waals surface area contributed by atoms with Gasteiger partial charge in [-0.3, -0.25) is 4.79 Å². The highest BCUT2D eigenvalue weighted by Gasteiger charge is 1.85. The van der Waals surface area contributed by atoms with Crippen LogP contribution in [0.25, 0.3) is 0 Å². The van der Waals surface area contributed by atoms with Crippen molar-refractivity contribution in [1.82, 2.24) is 0 Å². The van der Waals surface area contributed by atoms with Crippen molar-refractivity contribution in [2.24, 2.45) is 0 Å². The molecule has 0 aliphatic carbocycles. The highest BCUT2D eigenvalue weighted by atomic mass is 16.1. The summed E-state index contributed by atoms with van der Waals surface area (Å²) in [5.41, 5.74) is 0.620. The predicted octanol–water partition coefficient (Wildman–Crippen LogP) is 1.79. The van der Waals surface area contributed by atoms with Crippen molar-refractivity contribution in [3.05, 3.63) is 12.2 Å². The van der Waals surface area contributed by atoms with Gasteiger partial charge in [0.15, 0.2) is 5.78 Å². The molecule has 0 bridgehead atoms. The van der Waals surface area contributed by atoms with Gasteiger partial charge in [0.05, 0.1) is 0 Å². The average molecular weight is 100 g/mol. The summed E-state index contributed by atoms with van der Waals surface area (Å²) in [5.74, 6) is 0.0648. The van der Waals surface area contributed by atoms with Crippen LogP contribution in [0.15, 0.2) is 12.2 Å². The van der Waals surface area contributed by atoms with E-state index in [0.29, 0.717) is 5.57 Å². The highest BCUT2D eigenvalue weighted by Crippen LogP contribution is 1.84. The van der Waals surface area contributed by atoms with E-state index in [1.807, 2.05) is 0 Å². The SMILES string of the molecule is C.C=C(C)C(C)=O. The molecule has 0 aromatic heterocycles. The molecule has 1 nitrogen and oxygen atoms in total. The summed E-state index contributed by atoms with van der Waals surface area (Å²) in [6, 6.07) is 0. The summed E-state index contributed by atoms with van der Waals surface area (Å²) in [7, 11) is 0. The fraction of sp³-hybridized carbons (Fsp3) is 0.500. The number of carbonyl (C=O) groups is 1. The molecule has 0 fully saturated rings. The summed E-state index contributed by atoms with van der Waals surface area (Å²) in [4.78, 5) is 10.0. The van der Waals surface area contributed by atoms with Gasteiger partial charge in [0.25, 0.3) is 0 Å². The van der Waals surface area contributed by atoms with Gasteiger partial charge in [0, 0.05) is 0 Å². The number of ketones is 1. The van der Waals surface area contributed by atoms with Gasteiger partial charge in [-0.2, -0.15) is 0 Å². The maximum atomic E-state index is 10.0. The molecule has 0 aromatic rings. The standard InChI is InChI=1S/C5H8O.CH4/c1-4(2)5(3)6;/h1H2,2-3H3;1H4. The summed E-state index contributed by atoms with van der Waals surface area (Å²) >= 11 is 0. The van der Waals surface area contributed by atoms with Crippen LogP contribution in [-0.2, 0) is 4.79 Å². The first kappa shape index (κ1) is 9.65. The van der Waals surface area contributed by atoms with Crippen LogP contribution in [0.5, 0.6) is 0 Å². The summed E-state index contributed by atoms with van der Waals surface area (Å²) in [6.07, 6.45) is 0. The molecule has 0 amide bonds. The molecule has 0 spiro atoms. The number of Topliss-reactive ketones (excluding diaryl/α,β-unsaturated/α-hetero) is 1. The number of hydrogen-bond acceptors (Lipinski definition) is 1. The van der Waals surface area contributed by atoms with Crippen molar-refractivity contribution in [2.45, 2.75) is 21.3 Å². The molecular formula is C6H12O. The normalized spacial score (nSPS) is 6.57. The van der Waals surface area contributed by atoms with Gasteiger partial charge < -0.3 is 0 Å². The third-order valence-corrected chi connectivity index (χ3v) is 0.601. The third-order valence-electron chi connectivity index (χ3n) is 0.601. The van der Waals surface area contributed by atoms with Crippen molar-refractivity contribution < 1.29 is 4.79 Å². The second-order valence-corrected chi connectivity index (χ2v) is 1.34. The fourth-order valence-electron chi connectivity index (χ4n) is 0. The van der Waals surface area contributed by atoms with Gasteiger partial charge >= 0.3 is 0 Å². The van der Waals surface area contributed by atoms with E-state index < -0.39 is 0 Å². The molecule has 42 valence electrons. The Balaban J connectivity index is 0. The fourth-order valence-corrected chi connectivity index (χ4v) is 0. The Labute approximate surface area is 45.0 Å². The maximum Gasteiger partial charge on any atom is 0.154 e. The third kappa shape index (κ3) is 5.41. The molecule has 0 N–H and O–H groups in total. The molecule has 0 aliphatic heterocycles. The molecular weight excluding hydrogens is 88.1 g/mol. The van der Waals surface area contributed by atoms with Crippen molar-refractivity contribution in [2.75, 3.05) is 0 Å². The minimum Gasteiger partial charge on any atom is -0.295 e. The molecule has 0 rings (SSSR count). The first-order chi connectivity index (χ1) is 2.64. The van der Waals surface area contributed by atoms with Crippen LogP contribution in [-0.4, -0.2) is 5.78 Å². The van der Waals surface area contributed by atoms with Crippen LogP contribution in [0.1, 0.15) is 21.3 Å². The average Bonchev–Trinajstić information content (AvgIpc) is 1.36. The number of hydrogen-bond donors (Lipinski definition) is 0. The molecule has 0 saturated carbocycles. The quantitative estimate of drug-likeness (QED) is 0.459. The molecule has 0 heterocycles. The van der Waals surface area contributed by atoms with E-state index >= 15 is 0 Å². The Morgan fingerprint density at radius 2 is 1.57 bits per heavy atom. The van der Waals surface area contributed by atoms with Crippen molar-refractivity contribution >= 4 is 5.78 Å². The smallest absolute Gasteiger partial charge is 0.154 e. The summed E-state index contributed by atoms with van der Waals surface area (Å²) in [6.45, 7) is 6.60. The topological polar surface area (TPSA) is 17.1 Å². The lowest BCUT2D eigenvalue weighted by molar-refractivity contribution is -0.113. The second kappa shape index (κ2) is 3.59. The number of carbonyl (C=O) groups excluding carboxylic acids is 1. The Morgan fingerprint density at radius 3 is 1.57 bits per heavy atom. The Morgan fingerprint density at radius 1 is 1.43 bits per heavy atom. The molecule has 0 saturated heterocycles. The van der Waals surface area contributed by atoms with Crippen LogP contribution in [0, 0.1) is 0 Å². The zero-order valence-electron chi connectivity index (χ0n) is 4.12. The van der Waals surface area contributed by atoms with E-state index in [1.54, 1.807) is 6.92 Å². The minimum absolute atomic E-state index is 0. The van der Waals surface area contributed by atoms with Crippen molar-refractivity contribution in [3.63, 3.8) is 0 Å². The van der Waals surface area contributed by atoms with E-state index in [2.05, 4.69) is 6.58 Å². The van der Waals surface area contributed by atoms with Crippen LogP contribution in [0.3, 0.4) is 0 Å². The lowest BCUT2D eigenvalue weighted by atomic mass is 10.3. The Kier molecular flexibility index (Phi) is 4.95. The lowest BCUT2D eigenvalue weighted by Crippen LogP contribution is -1.86. The molecule has 7 heavy (non-hydrogen) atoms. The van der Waals surface area contributed by atoms with E-state index in [9.17, 15) is 4.79 Å². The maximum absolute atomic E-state index is 10.0. The van der Waals surface area contributed by atoms with Crippen LogP contribution >= 0.6 is 0 Å². The van der Waals surface area contributed by atoms with Crippen LogP contribution in [0.4, 0.5) is 0 Å². The van der Waals surface area contributed by atoms with E-state index in [0.717, 1.165) is 0 Å². The largest absolute Gasteiger partial charge is 0.295 e. The van der Waals surface area contributed by atoms with E-state index in [1.165, 1.54) is 6.92 Å². The van der Waals surface area contributed by atoms with Crippen LogP contribution in [0.2, 0.25) is 0 Å². The molecule has 1 heteroatoms. The Bertz CT molecular complexity index is 70.2. The van der Waals surface area contributed by atoms with Gasteiger partial charge in [-0.15, -0.1) is 0 Å². The summed E-state index contributed by atoms with van der Waals surface area (Å²) in [5, 5.41) is 0. The van der Waals surface area contributed by atoms with Gasteiger partial charge in [-0.05, 0) is 19.4 Å². The van der Waals surface area contributed by atoms with Gasteiger partial charge in [0.1, 0.15) is 0 Å². The summed E-state index contributed by atoms with van der Waals surface area (Å²) < 4.78 is 0.